The summed E-state index contributed by atoms with van der Waals surface area (Å²) in [6.45, 7) is 4.88. The Labute approximate surface area is 157 Å². The molecule has 0 aliphatic carbocycles. The number of hydrogen-bond acceptors (Lipinski definition) is 3. The smallest absolute Gasteiger partial charge is 0.261 e. The number of rotatable bonds is 11. The predicted molar refractivity (Wildman–Crippen MR) is 107 cm³/mol. The van der Waals surface area contributed by atoms with Gasteiger partial charge in [-0.25, -0.2) is 8.42 Å². The lowest BCUT2D eigenvalue weighted by Gasteiger charge is -2.10. The third-order valence-electron chi connectivity index (χ3n) is 4.13. The number of ether oxygens (including phenoxy) is 1. The number of benzene rings is 2. The molecule has 0 aliphatic rings. The molecule has 0 aromatic heterocycles. The van der Waals surface area contributed by atoms with Crippen molar-refractivity contribution in [3.63, 3.8) is 0 Å². The summed E-state index contributed by atoms with van der Waals surface area (Å²) in [5.74, 6) is 0.738. The monoisotopic (exact) mass is 375 g/mol. The molecule has 0 unspecified atom stereocenters. The fraction of sp³-hybridized carbons (Fsp3) is 0.429. The fourth-order valence-electron chi connectivity index (χ4n) is 2.64. The van der Waals surface area contributed by atoms with Gasteiger partial charge in [-0.2, -0.15) is 0 Å². The van der Waals surface area contributed by atoms with Gasteiger partial charge in [0.15, 0.2) is 0 Å². The normalized spacial score (nSPS) is 11.3. The van der Waals surface area contributed by atoms with Crippen LogP contribution in [0, 0.1) is 0 Å². The maximum absolute atomic E-state index is 12.5. The van der Waals surface area contributed by atoms with E-state index in [2.05, 4.69) is 11.6 Å². The standard InChI is InChI=1S/C21H29NO3S/c1-3-5-6-7-8-18-9-15-21(16-10-18)26(23,24)22-19-11-13-20(14-12-19)25-17-4-2/h9-16,22H,3-8,17H2,1-2H3. The molecule has 142 valence electrons. The first kappa shape index (κ1) is 20.3. The van der Waals surface area contributed by atoms with Gasteiger partial charge < -0.3 is 4.74 Å². The van der Waals surface area contributed by atoms with Crippen LogP contribution in [0.2, 0.25) is 0 Å². The first-order valence-corrected chi connectivity index (χ1v) is 10.9. The summed E-state index contributed by atoms with van der Waals surface area (Å²) in [4.78, 5) is 0.279. The van der Waals surface area contributed by atoms with Crippen molar-refractivity contribution in [2.75, 3.05) is 11.3 Å². The van der Waals surface area contributed by atoms with Crippen molar-refractivity contribution in [3.05, 3.63) is 54.1 Å². The van der Waals surface area contributed by atoms with E-state index in [-0.39, 0.29) is 4.90 Å². The van der Waals surface area contributed by atoms with Crippen molar-refractivity contribution < 1.29 is 13.2 Å². The van der Waals surface area contributed by atoms with E-state index in [4.69, 9.17) is 4.74 Å². The summed E-state index contributed by atoms with van der Waals surface area (Å²) in [5, 5.41) is 0. The van der Waals surface area contributed by atoms with Crippen molar-refractivity contribution in [3.8, 4) is 5.75 Å². The molecule has 2 aromatic carbocycles. The van der Waals surface area contributed by atoms with E-state index in [1.807, 2.05) is 19.1 Å². The zero-order chi connectivity index (χ0) is 18.8. The highest BCUT2D eigenvalue weighted by Crippen LogP contribution is 2.20. The van der Waals surface area contributed by atoms with Crippen LogP contribution in [-0.4, -0.2) is 15.0 Å². The molecule has 0 atom stereocenters. The van der Waals surface area contributed by atoms with Crippen molar-refractivity contribution >= 4 is 15.7 Å². The van der Waals surface area contributed by atoms with Crippen LogP contribution < -0.4 is 9.46 Å². The minimum Gasteiger partial charge on any atom is -0.494 e. The molecule has 4 nitrogen and oxygen atoms in total. The second-order valence-corrected chi connectivity index (χ2v) is 8.12. The highest BCUT2D eigenvalue weighted by atomic mass is 32.2. The predicted octanol–water partition coefficient (Wildman–Crippen LogP) is 5.40. The molecule has 26 heavy (non-hydrogen) atoms. The van der Waals surface area contributed by atoms with Crippen molar-refractivity contribution in [2.24, 2.45) is 0 Å². The Morgan fingerprint density at radius 1 is 0.846 bits per heavy atom. The Morgan fingerprint density at radius 2 is 1.54 bits per heavy atom. The molecule has 0 radical (unpaired) electrons. The van der Waals surface area contributed by atoms with Crippen LogP contribution in [0.4, 0.5) is 5.69 Å². The second-order valence-electron chi connectivity index (χ2n) is 6.43. The van der Waals surface area contributed by atoms with Gasteiger partial charge in [0, 0.05) is 5.69 Å². The summed E-state index contributed by atoms with van der Waals surface area (Å²) in [6.07, 6.45) is 6.75. The minimum atomic E-state index is -3.58. The number of aryl methyl sites for hydroxylation is 1. The fourth-order valence-corrected chi connectivity index (χ4v) is 3.70. The van der Waals surface area contributed by atoms with Gasteiger partial charge in [-0.15, -0.1) is 0 Å². The van der Waals surface area contributed by atoms with Gasteiger partial charge in [0.25, 0.3) is 10.0 Å². The summed E-state index contributed by atoms with van der Waals surface area (Å²) < 4.78 is 33.2. The molecule has 0 saturated heterocycles. The van der Waals surface area contributed by atoms with Crippen molar-refractivity contribution in [1.29, 1.82) is 0 Å². The van der Waals surface area contributed by atoms with Crippen LogP contribution in [0.25, 0.3) is 0 Å². The number of unbranched alkanes of at least 4 members (excludes halogenated alkanes) is 3. The van der Waals surface area contributed by atoms with Gasteiger partial charge in [0.05, 0.1) is 11.5 Å². The van der Waals surface area contributed by atoms with Crippen LogP contribution in [0.5, 0.6) is 5.75 Å². The van der Waals surface area contributed by atoms with Crippen LogP contribution in [-0.2, 0) is 16.4 Å². The maximum atomic E-state index is 12.5. The lowest BCUT2D eigenvalue weighted by Crippen LogP contribution is -2.12. The lowest BCUT2D eigenvalue weighted by atomic mass is 10.1. The molecule has 0 spiro atoms. The van der Waals surface area contributed by atoms with E-state index >= 15 is 0 Å². The van der Waals surface area contributed by atoms with Gasteiger partial charge in [0.1, 0.15) is 5.75 Å². The van der Waals surface area contributed by atoms with E-state index in [0.29, 0.717) is 12.3 Å². The molecule has 0 bridgehead atoms. The largest absolute Gasteiger partial charge is 0.494 e. The molecule has 0 heterocycles. The first-order chi connectivity index (χ1) is 12.5. The quantitative estimate of drug-likeness (QED) is 0.535. The van der Waals surface area contributed by atoms with Gasteiger partial charge in [-0.3, -0.25) is 4.72 Å². The van der Waals surface area contributed by atoms with Gasteiger partial charge >= 0.3 is 0 Å². The molecule has 0 fully saturated rings. The summed E-state index contributed by atoms with van der Waals surface area (Å²) in [6, 6.07) is 14.1. The third kappa shape index (κ3) is 6.37. The number of anilines is 1. The number of sulfonamides is 1. The summed E-state index contributed by atoms with van der Waals surface area (Å²) >= 11 is 0. The Kier molecular flexibility index (Phi) is 7.98. The molecular formula is C21H29NO3S. The third-order valence-corrected chi connectivity index (χ3v) is 5.53. The molecule has 0 saturated carbocycles. The average molecular weight is 376 g/mol. The van der Waals surface area contributed by atoms with E-state index in [1.54, 1.807) is 36.4 Å². The highest BCUT2D eigenvalue weighted by molar-refractivity contribution is 7.92. The first-order valence-electron chi connectivity index (χ1n) is 9.39. The number of hydrogen-bond donors (Lipinski definition) is 1. The van der Waals surface area contributed by atoms with Crippen LogP contribution in [0.3, 0.4) is 0 Å². The average Bonchev–Trinajstić information content (AvgIpc) is 2.65. The molecular weight excluding hydrogens is 346 g/mol. The van der Waals surface area contributed by atoms with Crippen LogP contribution >= 0.6 is 0 Å². The van der Waals surface area contributed by atoms with Crippen LogP contribution in [0.15, 0.2) is 53.4 Å². The highest BCUT2D eigenvalue weighted by Gasteiger charge is 2.14. The van der Waals surface area contributed by atoms with Crippen LogP contribution in [0.1, 0.15) is 51.5 Å². The van der Waals surface area contributed by atoms with E-state index in [0.717, 1.165) is 25.0 Å². The van der Waals surface area contributed by atoms with E-state index in [1.165, 1.54) is 24.8 Å². The summed E-state index contributed by atoms with van der Waals surface area (Å²) in [7, 11) is -3.58. The van der Waals surface area contributed by atoms with Gasteiger partial charge in [0.2, 0.25) is 0 Å². The molecule has 1 N–H and O–H groups in total. The molecule has 0 aliphatic heterocycles. The maximum Gasteiger partial charge on any atom is 0.261 e. The molecule has 0 amide bonds. The van der Waals surface area contributed by atoms with E-state index < -0.39 is 10.0 Å². The molecule has 5 heteroatoms. The number of nitrogens with one attached hydrogen (secondary N) is 1. The summed E-state index contributed by atoms with van der Waals surface area (Å²) in [5.41, 5.74) is 1.70. The Hall–Kier alpha value is -2.01. The Balaban J connectivity index is 1.96. The minimum absolute atomic E-state index is 0.279. The topological polar surface area (TPSA) is 55.4 Å². The lowest BCUT2D eigenvalue weighted by molar-refractivity contribution is 0.317. The van der Waals surface area contributed by atoms with Gasteiger partial charge in [-0.05, 0) is 61.2 Å². The Bertz CT molecular complexity index is 753. The van der Waals surface area contributed by atoms with Crippen molar-refractivity contribution in [2.45, 2.75) is 57.3 Å². The van der Waals surface area contributed by atoms with E-state index in [9.17, 15) is 8.42 Å². The zero-order valence-electron chi connectivity index (χ0n) is 15.7. The second kappa shape index (κ2) is 10.2. The SMILES string of the molecule is CCCCCCc1ccc(S(=O)(=O)Nc2ccc(OCCC)cc2)cc1. The van der Waals surface area contributed by atoms with Crippen molar-refractivity contribution in [1.82, 2.24) is 0 Å². The zero-order valence-corrected chi connectivity index (χ0v) is 16.5. The molecule has 2 rings (SSSR count). The van der Waals surface area contributed by atoms with Gasteiger partial charge in [-0.1, -0.05) is 45.2 Å². The molecule has 2 aromatic rings. The Morgan fingerprint density at radius 3 is 2.15 bits per heavy atom.